The van der Waals surface area contributed by atoms with Crippen molar-refractivity contribution >= 4 is 21.6 Å². The van der Waals surface area contributed by atoms with Crippen LogP contribution < -0.4 is 9.62 Å². The molecule has 6 heteroatoms. The summed E-state index contributed by atoms with van der Waals surface area (Å²) < 4.78 is 26.8. The van der Waals surface area contributed by atoms with Crippen LogP contribution in [0.5, 0.6) is 0 Å². The van der Waals surface area contributed by atoms with Crippen LogP contribution in [0.1, 0.15) is 67.0 Å². The topological polar surface area (TPSA) is 66.5 Å². The number of carbonyl (C=O) groups excluding carboxylic acids is 1. The molecule has 0 unspecified atom stereocenters. The number of hydrogen-bond donors (Lipinski definition) is 1. The summed E-state index contributed by atoms with van der Waals surface area (Å²) in [7, 11) is -3.65. The molecule has 0 heterocycles. The van der Waals surface area contributed by atoms with Crippen LogP contribution in [0.15, 0.2) is 36.4 Å². The van der Waals surface area contributed by atoms with E-state index < -0.39 is 16.1 Å². The SMILES string of the molecule is CC[C@H](C(=O)N[C@@H](C)c1ccc2c(c1)CCCC2)N(c1cc(C)ccc1C)S(C)(=O)=O. The summed E-state index contributed by atoms with van der Waals surface area (Å²) in [6.07, 6.45) is 6.18. The highest BCUT2D eigenvalue weighted by Gasteiger charge is 2.33. The fraction of sp³-hybridized carbons (Fsp3) is 0.480. The van der Waals surface area contributed by atoms with Crippen LogP contribution in [0, 0.1) is 13.8 Å². The van der Waals surface area contributed by atoms with Crippen LogP contribution in [0.2, 0.25) is 0 Å². The number of amides is 1. The minimum atomic E-state index is -3.65. The lowest BCUT2D eigenvalue weighted by Gasteiger charge is -2.32. The molecule has 2 aromatic carbocycles. The number of hydrogen-bond acceptors (Lipinski definition) is 3. The highest BCUT2D eigenvalue weighted by Crippen LogP contribution is 2.29. The first-order chi connectivity index (χ1) is 14.6. The molecule has 0 saturated heterocycles. The predicted octanol–water partition coefficient (Wildman–Crippen LogP) is 4.60. The van der Waals surface area contributed by atoms with Gasteiger partial charge in [0.05, 0.1) is 18.0 Å². The average Bonchev–Trinajstić information content (AvgIpc) is 2.72. The summed E-state index contributed by atoms with van der Waals surface area (Å²) in [5.41, 5.74) is 6.16. The summed E-state index contributed by atoms with van der Waals surface area (Å²) in [5.74, 6) is -0.279. The third kappa shape index (κ3) is 5.29. The minimum Gasteiger partial charge on any atom is -0.348 e. The van der Waals surface area contributed by atoms with E-state index in [9.17, 15) is 13.2 Å². The van der Waals surface area contributed by atoms with Gasteiger partial charge in [0.15, 0.2) is 0 Å². The molecule has 2 aromatic rings. The second-order valence-corrected chi connectivity index (χ2v) is 10.6. The number of nitrogens with zero attached hydrogens (tertiary/aromatic N) is 1. The Morgan fingerprint density at radius 3 is 2.39 bits per heavy atom. The molecule has 5 nitrogen and oxygen atoms in total. The van der Waals surface area contributed by atoms with Crippen molar-refractivity contribution in [3.8, 4) is 0 Å². The molecule has 1 aliphatic rings. The van der Waals surface area contributed by atoms with Gasteiger partial charge in [0, 0.05) is 0 Å². The maximum absolute atomic E-state index is 13.3. The molecule has 2 atom stereocenters. The molecule has 1 aliphatic carbocycles. The van der Waals surface area contributed by atoms with E-state index in [1.54, 1.807) is 0 Å². The Balaban J connectivity index is 1.87. The lowest BCUT2D eigenvalue weighted by atomic mass is 9.89. The van der Waals surface area contributed by atoms with Gasteiger partial charge in [0.1, 0.15) is 6.04 Å². The average molecular weight is 443 g/mol. The van der Waals surface area contributed by atoms with Crippen LogP contribution >= 0.6 is 0 Å². The van der Waals surface area contributed by atoms with E-state index >= 15 is 0 Å². The van der Waals surface area contributed by atoms with Crippen molar-refractivity contribution in [2.24, 2.45) is 0 Å². The Morgan fingerprint density at radius 2 is 1.74 bits per heavy atom. The summed E-state index contributed by atoms with van der Waals surface area (Å²) in [6.45, 7) is 7.59. The van der Waals surface area contributed by atoms with Crippen LogP contribution in [0.3, 0.4) is 0 Å². The predicted molar refractivity (Wildman–Crippen MR) is 127 cm³/mol. The molecule has 0 bridgehead atoms. The van der Waals surface area contributed by atoms with E-state index in [4.69, 9.17) is 0 Å². The van der Waals surface area contributed by atoms with Crippen molar-refractivity contribution in [3.05, 3.63) is 64.2 Å². The fourth-order valence-corrected chi connectivity index (χ4v) is 5.67. The van der Waals surface area contributed by atoms with E-state index in [1.807, 2.05) is 45.9 Å². The van der Waals surface area contributed by atoms with Gasteiger partial charge in [-0.1, -0.05) is 37.3 Å². The Labute approximate surface area is 186 Å². The highest BCUT2D eigenvalue weighted by atomic mass is 32.2. The van der Waals surface area contributed by atoms with Crippen LogP contribution in [0.25, 0.3) is 0 Å². The van der Waals surface area contributed by atoms with Gasteiger partial charge >= 0.3 is 0 Å². The van der Waals surface area contributed by atoms with E-state index in [0.29, 0.717) is 12.1 Å². The molecule has 0 radical (unpaired) electrons. The molecule has 3 rings (SSSR count). The molecular formula is C25H34N2O3S. The van der Waals surface area contributed by atoms with Gasteiger partial charge in [-0.15, -0.1) is 0 Å². The van der Waals surface area contributed by atoms with Gasteiger partial charge in [-0.25, -0.2) is 8.42 Å². The zero-order valence-corrected chi connectivity index (χ0v) is 20.1. The molecule has 0 aromatic heterocycles. The molecule has 0 spiro atoms. The van der Waals surface area contributed by atoms with Crippen molar-refractivity contribution in [2.45, 2.75) is 71.9 Å². The number of carbonyl (C=O) groups is 1. The Bertz CT molecular complexity index is 1060. The van der Waals surface area contributed by atoms with Gasteiger partial charge in [0.25, 0.3) is 0 Å². The number of fused-ring (bicyclic) bond motifs is 1. The van der Waals surface area contributed by atoms with E-state index in [0.717, 1.165) is 35.8 Å². The van der Waals surface area contributed by atoms with Gasteiger partial charge in [-0.2, -0.15) is 0 Å². The number of aryl methyl sites for hydroxylation is 4. The van der Waals surface area contributed by atoms with Gasteiger partial charge < -0.3 is 5.32 Å². The van der Waals surface area contributed by atoms with Gasteiger partial charge in [-0.3, -0.25) is 9.10 Å². The van der Waals surface area contributed by atoms with Crippen molar-refractivity contribution in [2.75, 3.05) is 10.6 Å². The van der Waals surface area contributed by atoms with Crippen molar-refractivity contribution in [1.82, 2.24) is 5.32 Å². The molecule has 168 valence electrons. The summed E-state index contributed by atoms with van der Waals surface area (Å²) in [4.78, 5) is 13.3. The highest BCUT2D eigenvalue weighted by molar-refractivity contribution is 7.92. The number of benzene rings is 2. The molecule has 31 heavy (non-hydrogen) atoms. The zero-order valence-electron chi connectivity index (χ0n) is 19.2. The van der Waals surface area contributed by atoms with Crippen molar-refractivity contribution < 1.29 is 13.2 Å². The lowest BCUT2D eigenvalue weighted by molar-refractivity contribution is -0.122. The van der Waals surface area contributed by atoms with E-state index in [2.05, 4.69) is 23.5 Å². The smallest absolute Gasteiger partial charge is 0.244 e. The maximum Gasteiger partial charge on any atom is 0.244 e. The standard InChI is InChI=1S/C25H34N2O3S/c1-6-23(27(31(5,29)30)24-15-17(2)11-12-18(24)3)25(28)26-19(4)21-14-13-20-9-7-8-10-22(20)16-21/h11-16,19,23H,6-10H2,1-5H3,(H,26,28)/t19-,23+/m0/s1. The molecule has 1 amide bonds. The normalized spacial score (nSPS) is 15.6. The largest absolute Gasteiger partial charge is 0.348 e. The number of sulfonamides is 1. The number of rotatable bonds is 7. The zero-order chi connectivity index (χ0) is 22.8. The fourth-order valence-electron chi connectivity index (χ4n) is 4.41. The Hall–Kier alpha value is -2.34. The molecule has 0 fully saturated rings. The molecule has 0 aliphatic heterocycles. The van der Waals surface area contributed by atoms with E-state index in [-0.39, 0.29) is 11.9 Å². The van der Waals surface area contributed by atoms with Crippen molar-refractivity contribution in [3.63, 3.8) is 0 Å². The second kappa shape index (κ2) is 9.43. The van der Waals surface area contributed by atoms with Crippen LogP contribution in [-0.4, -0.2) is 26.6 Å². The summed E-state index contributed by atoms with van der Waals surface area (Å²) in [5, 5.41) is 3.07. The van der Waals surface area contributed by atoms with Crippen LogP contribution in [0.4, 0.5) is 5.69 Å². The van der Waals surface area contributed by atoms with Gasteiger partial charge in [0.2, 0.25) is 15.9 Å². The summed E-state index contributed by atoms with van der Waals surface area (Å²) in [6, 6.07) is 11.1. The van der Waals surface area contributed by atoms with Crippen molar-refractivity contribution in [1.29, 1.82) is 0 Å². The monoisotopic (exact) mass is 442 g/mol. The number of anilines is 1. The lowest BCUT2D eigenvalue weighted by Crippen LogP contribution is -2.50. The molecule has 1 N–H and O–H groups in total. The first kappa shape index (κ1) is 23.3. The summed E-state index contributed by atoms with van der Waals surface area (Å²) >= 11 is 0. The van der Waals surface area contributed by atoms with Crippen LogP contribution in [-0.2, 0) is 27.7 Å². The number of nitrogens with one attached hydrogen (secondary N) is 1. The third-order valence-electron chi connectivity index (χ3n) is 6.16. The second-order valence-electron chi connectivity index (χ2n) is 8.74. The molecule has 0 saturated carbocycles. The Morgan fingerprint density at radius 1 is 1.06 bits per heavy atom. The third-order valence-corrected chi connectivity index (χ3v) is 7.33. The first-order valence-electron chi connectivity index (χ1n) is 11.1. The Kier molecular flexibility index (Phi) is 7.10. The quantitative estimate of drug-likeness (QED) is 0.681. The van der Waals surface area contributed by atoms with E-state index in [1.165, 1.54) is 28.3 Å². The van der Waals surface area contributed by atoms with Gasteiger partial charge in [-0.05, 0) is 86.8 Å². The molecular weight excluding hydrogens is 408 g/mol. The maximum atomic E-state index is 13.3. The minimum absolute atomic E-state index is 0.200. The first-order valence-corrected chi connectivity index (χ1v) is 13.0.